The van der Waals surface area contributed by atoms with E-state index in [0.29, 0.717) is 33.0 Å². The minimum absolute atomic E-state index is 0.252. The molecule has 1 heterocycles. The number of thiocarbonyl (C=S) groups is 1. The minimum atomic E-state index is -0.409. The van der Waals surface area contributed by atoms with Gasteiger partial charge in [0.15, 0.2) is 15.8 Å². The van der Waals surface area contributed by atoms with Gasteiger partial charge in [-0.3, -0.25) is 15.0 Å². The molecule has 0 saturated carbocycles. The predicted octanol–water partition coefficient (Wildman–Crippen LogP) is 4.40. The summed E-state index contributed by atoms with van der Waals surface area (Å²) in [7, 11) is 1.55. The molecule has 0 aliphatic carbocycles. The van der Waals surface area contributed by atoms with Crippen molar-refractivity contribution in [3.05, 3.63) is 63.0 Å². The number of hydrogen-bond donors (Lipinski definition) is 1. The van der Waals surface area contributed by atoms with Crippen molar-refractivity contribution in [1.29, 1.82) is 0 Å². The Morgan fingerprint density at radius 1 is 1.31 bits per heavy atom. The van der Waals surface area contributed by atoms with Crippen LogP contribution in [0.15, 0.2) is 51.8 Å². The second-order valence-electron chi connectivity index (χ2n) is 5.79. The highest BCUT2D eigenvalue weighted by Crippen LogP contribution is 2.39. The number of amides is 2. The molecular formula is C20H17BrN2O4S2. The van der Waals surface area contributed by atoms with Gasteiger partial charge in [0, 0.05) is 5.56 Å². The highest BCUT2D eigenvalue weighted by molar-refractivity contribution is 9.10. The lowest BCUT2D eigenvalue weighted by Crippen LogP contribution is -2.44. The van der Waals surface area contributed by atoms with E-state index < -0.39 is 11.8 Å². The molecule has 1 aliphatic heterocycles. The van der Waals surface area contributed by atoms with Crippen molar-refractivity contribution in [2.24, 2.45) is 0 Å². The maximum Gasteiger partial charge on any atom is 0.285 e. The summed E-state index contributed by atoms with van der Waals surface area (Å²) < 4.78 is 11.9. The van der Waals surface area contributed by atoms with E-state index in [4.69, 9.17) is 21.7 Å². The van der Waals surface area contributed by atoms with Gasteiger partial charge in [0.05, 0.1) is 23.1 Å². The third-order valence-corrected chi connectivity index (χ3v) is 5.77. The molecule has 2 aromatic carbocycles. The van der Waals surface area contributed by atoms with Crippen molar-refractivity contribution >= 4 is 62.1 Å². The zero-order valence-electron chi connectivity index (χ0n) is 15.6. The quantitative estimate of drug-likeness (QED) is 0.475. The Balaban J connectivity index is 1.83. The number of ether oxygens (including phenoxy) is 2. The average Bonchev–Trinajstić information content (AvgIpc) is 2.97. The molecule has 1 fully saturated rings. The number of methoxy groups -OCH3 is 1. The van der Waals surface area contributed by atoms with Gasteiger partial charge in [-0.1, -0.05) is 30.0 Å². The SMILES string of the molecule is CCOc1c(Br)cc(/C=C2\SC(=S)N(NC(=O)c3ccccc3)C2=O)cc1OC. The van der Waals surface area contributed by atoms with Gasteiger partial charge in [-0.2, -0.15) is 5.01 Å². The monoisotopic (exact) mass is 492 g/mol. The fourth-order valence-corrected chi connectivity index (χ4v) is 4.33. The van der Waals surface area contributed by atoms with Crippen LogP contribution in [0.2, 0.25) is 0 Å². The molecule has 2 aromatic rings. The molecule has 2 amide bonds. The van der Waals surface area contributed by atoms with Gasteiger partial charge in [0.2, 0.25) is 0 Å². The summed E-state index contributed by atoms with van der Waals surface area (Å²) in [5, 5.41) is 1.09. The van der Waals surface area contributed by atoms with Crippen LogP contribution in [0.1, 0.15) is 22.8 Å². The van der Waals surface area contributed by atoms with Crippen LogP contribution in [-0.2, 0) is 4.79 Å². The van der Waals surface area contributed by atoms with Gasteiger partial charge in [-0.15, -0.1) is 0 Å². The first-order valence-electron chi connectivity index (χ1n) is 8.59. The molecule has 0 unspecified atom stereocenters. The second kappa shape index (κ2) is 9.43. The standard InChI is InChI=1S/C20H17BrN2O4S2/c1-3-27-17-14(21)9-12(10-15(17)26-2)11-16-19(25)23(20(28)29-16)22-18(24)13-7-5-4-6-8-13/h4-11H,3H2,1-2H3,(H,22,24)/b16-11-. The van der Waals surface area contributed by atoms with Crippen molar-refractivity contribution in [2.75, 3.05) is 13.7 Å². The number of halogens is 1. The molecular weight excluding hydrogens is 476 g/mol. The Morgan fingerprint density at radius 3 is 2.69 bits per heavy atom. The lowest BCUT2D eigenvalue weighted by atomic mass is 10.2. The number of rotatable bonds is 6. The Labute approximate surface area is 186 Å². The van der Waals surface area contributed by atoms with Crippen molar-refractivity contribution in [1.82, 2.24) is 10.4 Å². The number of carbonyl (C=O) groups excluding carboxylic acids is 2. The maximum atomic E-state index is 12.8. The Kier molecular flexibility index (Phi) is 6.94. The number of hydrazine groups is 1. The summed E-state index contributed by atoms with van der Waals surface area (Å²) in [5.74, 6) is 0.331. The van der Waals surface area contributed by atoms with Crippen LogP contribution in [0, 0.1) is 0 Å². The molecule has 0 aromatic heterocycles. The summed E-state index contributed by atoms with van der Waals surface area (Å²) in [6.07, 6.45) is 1.69. The summed E-state index contributed by atoms with van der Waals surface area (Å²) in [4.78, 5) is 25.5. The van der Waals surface area contributed by atoms with E-state index in [-0.39, 0.29) is 4.32 Å². The van der Waals surface area contributed by atoms with Crippen LogP contribution in [0.25, 0.3) is 6.08 Å². The van der Waals surface area contributed by atoms with E-state index in [0.717, 1.165) is 22.3 Å². The van der Waals surface area contributed by atoms with Gasteiger partial charge < -0.3 is 9.47 Å². The topological polar surface area (TPSA) is 67.9 Å². The number of nitrogens with one attached hydrogen (secondary N) is 1. The fourth-order valence-electron chi connectivity index (χ4n) is 2.58. The minimum Gasteiger partial charge on any atom is -0.493 e. The largest absolute Gasteiger partial charge is 0.493 e. The van der Waals surface area contributed by atoms with Crippen LogP contribution in [0.3, 0.4) is 0 Å². The number of nitrogens with zero attached hydrogens (tertiary/aromatic N) is 1. The summed E-state index contributed by atoms with van der Waals surface area (Å²) in [5.41, 5.74) is 3.72. The van der Waals surface area contributed by atoms with Crippen LogP contribution in [0.4, 0.5) is 0 Å². The van der Waals surface area contributed by atoms with Crippen LogP contribution >= 0.6 is 39.9 Å². The van der Waals surface area contributed by atoms with Crippen molar-refractivity contribution in [3.63, 3.8) is 0 Å². The first kappa shape index (κ1) is 21.4. The molecule has 0 bridgehead atoms. The lowest BCUT2D eigenvalue weighted by molar-refractivity contribution is -0.123. The van der Waals surface area contributed by atoms with Gasteiger partial charge in [0.25, 0.3) is 11.8 Å². The van der Waals surface area contributed by atoms with Gasteiger partial charge in [0.1, 0.15) is 0 Å². The van der Waals surface area contributed by atoms with E-state index in [1.807, 2.05) is 19.1 Å². The number of benzene rings is 2. The van der Waals surface area contributed by atoms with Gasteiger partial charge in [-0.05, 0) is 71.0 Å². The van der Waals surface area contributed by atoms with E-state index >= 15 is 0 Å². The lowest BCUT2D eigenvalue weighted by Gasteiger charge is -2.15. The van der Waals surface area contributed by atoms with E-state index in [1.54, 1.807) is 43.5 Å². The zero-order valence-corrected chi connectivity index (χ0v) is 18.8. The Morgan fingerprint density at radius 2 is 2.03 bits per heavy atom. The molecule has 9 heteroatoms. The van der Waals surface area contributed by atoms with E-state index in [2.05, 4.69) is 21.4 Å². The number of carbonyl (C=O) groups is 2. The molecule has 1 N–H and O–H groups in total. The van der Waals surface area contributed by atoms with Gasteiger partial charge in [-0.25, -0.2) is 0 Å². The molecule has 1 aliphatic rings. The van der Waals surface area contributed by atoms with E-state index in [9.17, 15) is 9.59 Å². The van der Waals surface area contributed by atoms with E-state index in [1.165, 1.54) is 0 Å². The second-order valence-corrected chi connectivity index (χ2v) is 8.32. The van der Waals surface area contributed by atoms with Crippen LogP contribution in [-0.4, -0.2) is 34.9 Å². The fraction of sp³-hybridized carbons (Fsp3) is 0.150. The third-order valence-electron chi connectivity index (χ3n) is 3.88. The first-order valence-corrected chi connectivity index (χ1v) is 10.6. The maximum absolute atomic E-state index is 12.8. The third kappa shape index (κ3) is 4.80. The van der Waals surface area contributed by atoms with Crippen molar-refractivity contribution in [3.8, 4) is 11.5 Å². The molecule has 0 radical (unpaired) electrons. The van der Waals surface area contributed by atoms with Crippen LogP contribution in [0.5, 0.6) is 11.5 Å². The summed E-state index contributed by atoms with van der Waals surface area (Å²) in [6.45, 7) is 2.38. The Bertz CT molecular complexity index is 995. The summed E-state index contributed by atoms with van der Waals surface area (Å²) >= 11 is 9.85. The van der Waals surface area contributed by atoms with Crippen molar-refractivity contribution < 1.29 is 19.1 Å². The summed E-state index contributed by atoms with van der Waals surface area (Å²) in [6, 6.07) is 12.2. The Hall–Kier alpha value is -2.36. The van der Waals surface area contributed by atoms with Gasteiger partial charge >= 0.3 is 0 Å². The molecule has 1 saturated heterocycles. The van der Waals surface area contributed by atoms with Crippen LogP contribution < -0.4 is 14.9 Å². The molecule has 6 nitrogen and oxygen atoms in total. The molecule has 0 spiro atoms. The molecule has 29 heavy (non-hydrogen) atoms. The number of hydrogen-bond acceptors (Lipinski definition) is 6. The van der Waals surface area contributed by atoms with Crippen molar-refractivity contribution in [2.45, 2.75) is 6.92 Å². The molecule has 3 rings (SSSR count). The highest BCUT2D eigenvalue weighted by Gasteiger charge is 2.33. The average molecular weight is 493 g/mol. The first-order chi connectivity index (χ1) is 13.9. The predicted molar refractivity (Wildman–Crippen MR) is 121 cm³/mol. The number of thioether (sulfide) groups is 1. The normalized spacial score (nSPS) is 15.0. The highest BCUT2D eigenvalue weighted by atomic mass is 79.9. The molecule has 150 valence electrons. The zero-order chi connectivity index (χ0) is 21.0. The smallest absolute Gasteiger partial charge is 0.285 e. The molecule has 0 atom stereocenters.